The number of ether oxygens (including phenoxy) is 2. The molecule has 7 heteroatoms. The molecule has 0 spiro atoms. The molecule has 4 rings (SSSR count). The van der Waals surface area contributed by atoms with E-state index in [1.807, 2.05) is 60.7 Å². The van der Waals surface area contributed by atoms with Crippen molar-refractivity contribution in [3.05, 3.63) is 94.5 Å². The summed E-state index contributed by atoms with van der Waals surface area (Å²) >= 11 is 6.41. The topological polar surface area (TPSA) is 99.4 Å². The molecule has 1 aliphatic rings. The van der Waals surface area contributed by atoms with E-state index in [-0.39, 0.29) is 0 Å². The minimum Gasteiger partial charge on any atom is -0.457 e. The van der Waals surface area contributed by atoms with Gasteiger partial charge in [0.2, 0.25) is 0 Å². The lowest BCUT2D eigenvalue weighted by atomic mass is 9.96. The molecule has 6 nitrogen and oxygen atoms in total. The zero-order chi connectivity index (χ0) is 22.7. The largest absolute Gasteiger partial charge is 0.457 e. The first-order valence-corrected chi connectivity index (χ1v) is 10.7. The molecule has 0 aliphatic carbocycles. The Morgan fingerprint density at radius 1 is 0.906 bits per heavy atom. The summed E-state index contributed by atoms with van der Waals surface area (Å²) in [5.74, 6) is 1.49. The normalized spacial score (nSPS) is 23.8. The summed E-state index contributed by atoms with van der Waals surface area (Å²) in [6.07, 6.45) is -5.19. The van der Waals surface area contributed by atoms with Crippen LogP contribution in [0.15, 0.2) is 72.8 Å². The standard InChI is InChI=1S/C25H25ClO6/c26-20-11-8-16(24-22(29)23(30)25(32-24)21(28)14-27)13-17(20)12-15-6-9-19(10-7-15)31-18-4-2-1-3-5-18/h1-11,13,21-25,27-30H,12,14H2/t21-,22-,23-,24+,25-/m1/s1. The summed E-state index contributed by atoms with van der Waals surface area (Å²) in [7, 11) is 0. The molecule has 0 aromatic heterocycles. The lowest BCUT2D eigenvalue weighted by Gasteiger charge is -2.19. The van der Waals surface area contributed by atoms with Gasteiger partial charge in [0.15, 0.2) is 0 Å². The van der Waals surface area contributed by atoms with Crippen LogP contribution in [0.25, 0.3) is 0 Å². The Hall–Kier alpha value is -2.45. The third-order valence-electron chi connectivity index (χ3n) is 5.56. The SMILES string of the molecule is OC[C@@H](O)[C@H]1O[C@@H](c2ccc(Cl)c(Cc3ccc(Oc4ccccc4)cc3)c2)[C@H](O)[C@H]1O. The first-order chi connectivity index (χ1) is 15.5. The highest BCUT2D eigenvalue weighted by Gasteiger charge is 2.46. The number of hydrogen-bond acceptors (Lipinski definition) is 6. The first kappa shape index (κ1) is 22.7. The van der Waals surface area contributed by atoms with Gasteiger partial charge in [-0.05, 0) is 53.4 Å². The van der Waals surface area contributed by atoms with Crippen LogP contribution in [0.5, 0.6) is 11.5 Å². The Morgan fingerprint density at radius 2 is 1.59 bits per heavy atom. The van der Waals surface area contributed by atoms with Gasteiger partial charge in [0.25, 0.3) is 0 Å². The zero-order valence-corrected chi connectivity index (χ0v) is 18.0. The molecule has 0 saturated carbocycles. The van der Waals surface area contributed by atoms with Crippen molar-refractivity contribution in [2.24, 2.45) is 0 Å². The van der Waals surface area contributed by atoms with Crippen molar-refractivity contribution in [3.63, 3.8) is 0 Å². The molecule has 1 saturated heterocycles. The molecule has 1 fully saturated rings. The Kier molecular flexibility index (Phi) is 7.10. The minimum absolute atomic E-state index is 0.548. The second-order valence-electron chi connectivity index (χ2n) is 7.84. The highest BCUT2D eigenvalue weighted by Crippen LogP contribution is 2.36. The fraction of sp³-hybridized carbons (Fsp3) is 0.280. The van der Waals surface area contributed by atoms with Gasteiger partial charge in [0, 0.05) is 5.02 Å². The highest BCUT2D eigenvalue weighted by atomic mass is 35.5. The molecule has 1 heterocycles. The van der Waals surface area contributed by atoms with Gasteiger partial charge in [-0.2, -0.15) is 0 Å². The van der Waals surface area contributed by atoms with Crippen LogP contribution in [0.1, 0.15) is 22.8 Å². The van der Waals surface area contributed by atoms with Gasteiger partial charge in [-0.15, -0.1) is 0 Å². The summed E-state index contributed by atoms with van der Waals surface area (Å²) < 4.78 is 11.5. The monoisotopic (exact) mass is 456 g/mol. The van der Waals surface area contributed by atoms with Crippen molar-refractivity contribution >= 4 is 11.6 Å². The van der Waals surface area contributed by atoms with E-state index in [2.05, 4.69) is 0 Å². The van der Waals surface area contributed by atoms with Gasteiger partial charge in [-0.1, -0.05) is 54.1 Å². The van der Waals surface area contributed by atoms with Crippen LogP contribution in [0.2, 0.25) is 5.02 Å². The average molecular weight is 457 g/mol. The molecular formula is C25H25ClO6. The van der Waals surface area contributed by atoms with Crippen LogP contribution < -0.4 is 4.74 Å². The quantitative estimate of drug-likeness (QED) is 0.435. The van der Waals surface area contributed by atoms with E-state index in [9.17, 15) is 15.3 Å². The van der Waals surface area contributed by atoms with Crippen molar-refractivity contribution in [1.29, 1.82) is 0 Å². The Bertz CT molecular complexity index is 1030. The zero-order valence-electron chi connectivity index (χ0n) is 17.2. The summed E-state index contributed by atoms with van der Waals surface area (Å²) in [6, 6.07) is 22.5. The number of para-hydroxylation sites is 1. The molecule has 3 aromatic rings. The maximum absolute atomic E-state index is 10.4. The van der Waals surface area contributed by atoms with E-state index in [4.69, 9.17) is 26.2 Å². The lowest BCUT2D eigenvalue weighted by Crippen LogP contribution is -2.40. The molecule has 5 atom stereocenters. The molecule has 0 amide bonds. The average Bonchev–Trinajstić information content (AvgIpc) is 3.11. The van der Waals surface area contributed by atoms with Crippen molar-refractivity contribution in [2.75, 3.05) is 6.61 Å². The van der Waals surface area contributed by atoms with Crippen LogP contribution in [0.4, 0.5) is 0 Å². The van der Waals surface area contributed by atoms with Gasteiger partial charge >= 0.3 is 0 Å². The number of hydrogen-bond donors (Lipinski definition) is 4. The molecule has 1 aliphatic heterocycles. The van der Waals surface area contributed by atoms with Crippen LogP contribution >= 0.6 is 11.6 Å². The van der Waals surface area contributed by atoms with Gasteiger partial charge in [-0.25, -0.2) is 0 Å². The van der Waals surface area contributed by atoms with Crippen molar-refractivity contribution in [2.45, 2.75) is 36.9 Å². The second kappa shape index (κ2) is 10.0. The minimum atomic E-state index is -1.31. The van der Waals surface area contributed by atoms with E-state index in [1.165, 1.54) is 0 Å². The maximum Gasteiger partial charge on any atom is 0.127 e. The lowest BCUT2D eigenvalue weighted by molar-refractivity contribution is -0.0820. The van der Waals surface area contributed by atoms with Crippen LogP contribution in [-0.4, -0.2) is 51.4 Å². The van der Waals surface area contributed by atoms with Crippen LogP contribution in [0, 0.1) is 0 Å². The van der Waals surface area contributed by atoms with Crippen LogP contribution in [0.3, 0.4) is 0 Å². The fourth-order valence-electron chi connectivity index (χ4n) is 3.83. The first-order valence-electron chi connectivity index (χ1n) is 10.4. The third kappa shape index (κ3) is 4.96. The fourth-order valence-corrected chi connectivity index (χ4v) is 4.01. The van der Waals surface area contributed by atoms with E-state index in [1.54, 1.807) is 12.1 Å². The summed E-state index contributed by atoms with van der Waals surface area (Å²) in [5.41, 5.74) is 2.48. The van der Waals surface area contributed by atoms with E-state index >= 15 is 0 Å². The predicted octanol–water partition coefficient (Wildman–Crippen LogP) is 3.24. The molecule has 32 heavy (non-hydrogen) atoms. The van der Waals surface area contributed by atoms with E-state index in [0.29, 0.717) is 17.0 Å². The number of halogens is 1. The van der Waals surface area contributed by atoms with Gasteiger partial charge in [-0.3, -0.25) is 0 Å². The number of aliphatic hydroxyl groups is 4. The molecule has 0 bridgehead atoms. The number of rotatable bonds is 7. The van der Waals surface area contributed by atoms with E-state index in [0.717, 1.165) is 22.6 Å². The third-order valence-corrected chi connectivity index (χ3v) is 5.93. The Labute approximate surface area is 191 Å². The maximum atomic E-state index is 10.4. The molecule has 0 unspecified atom stereocenters. The molecular weight excluding hydrogens is 432 g/mol. The van der Waals surface area contributed by atoms with Gasteiger partial charge < -0.3 is 29.9 Å². The molecule has 3 aromatic carbocycles. The van der Waals surface area contributed by atoms with Crippen molar-refractivity contribution in [1.82, 2.24) is 0 Å². The molecule has 0 radical (unpaired) electrons. The summed E-state index contributed by atoms with van der Waals surface area (Å²) in [5, 5.41) is 40.2. The summed E-state index contributed by atoms with van der Waals surface area (Å²) in [4.78, 5) is 0. The smallest absolute Gasteiger partial charge is 0.127 e. The van der Waals surface area contributed by atoms with E-state index < -0.39 is 37.1 Å². The Morgan fingerprint density at radius 3 is 2.28 bits per heavy atom. The van der Waals surface area contributed by atoms with Crippen LogP contribution in [-0.2, 0) is 11.2 Å². The second-order valence-corrected chi connectivity index (χ2v) is 8.25. The number of benzene rings is 3. The van der Waals surface area contributed by atoms with Gasteiger partial charge in [0.05, 0.1) is 6.61 Å². The van der Waals surface area contributed by atoms with Gasteiger partial charge in [0.1, 0.15) is 42.0 Å². The molecule has 168 valence electrons. The predicted molar refractivity (Wildman–Crippen MR) is 120 cm³/mol. The number of aliphatic hydroxyl groups excluding tert-OH is 4. The molecule has 4 N–H and O–H groups in total. The van der Waals surface area contributed by atoms with Crippen molar-refractivity contribution < 1.29 is 29.9 Å². The Balaban J connectivity index is 1.49. The summed E-state index contributed by atoms with van der Waals surface area (Å²) in [6.45, 7) is -0.572. The van der Waals surface area contributed by atoms with Crippen molar-refractivity contribution in [3.8, 4) is 11.5 Å². The highest BCUT2D eigenvalue weighted by molar-refractivity contribution is 6.31.